The van der Waals surface area contributed by atoms with E-state index in [4.69, 9.17) is 11.5 Å². The van der Waals surface area contributed by atoms with Crippen LogP contribution in [0.1, 0.15) is 10.5 Å². The second kappa shape index (κ2) is 5.23. The van der Waals surface area contributed by atoms with Crippen LogP contribution in [0.25, 0.3) is 0 Å². The van der Waals surface area contributed by atoms with E-state index in [9.17, 15) is 13.6 Å². The van der Waals surface area contributed by atoms with Crippen LogP contribution < -0.4 is 11.5 Å². The summed E-state index contributed by atoms with van der Waals surface area (Å²) in [5.74, 6) is -2.59. The van der Waals surface area contributed by atoms with Crippen LogP contribution >= 0.6 is 11.8 Å². The fraction of sp³-hybridized carbons (Fsp3) is 0. The summed E-state index contributed by atoms with van der Waals surface area (Å²) in [4.78, 5) is 15.4. The number of nitrogens with zero attached hydrogens (tertiary/aromatic N) is 1. The van der Waals surface area contributed by atoms with Gasteiger partial charge in [0.25, 0.3) is 5.91 Å². The van der Waals surface area contributed by atoms with Gasteiger partial charge in [-0.05, 0) is 30.3 Å². The van der Waals surface area contributed by atoms with Gasteiger partial charge in [-0.3, -0.25) is 4.79 Å². The standard InChI is InChI=1S/C12H9F2N3OS/c13-7-2-1-6(5-8(7)14)19-12-9(15)3-4-10(17-12)11(16)18/h1-5H,15H2,(H2,16,18). The molecular formula is C12H9F2N3OS. The number of anilines is 1. The van der Waals surface area contributed by atoms with Crippen molar-refractivity contribution in [3.05, 3.63) is 47.7 Å². The molecule has 0 spiro atoms. The predicted molar refractivity (Wildman–Crippen MR) is 67.6 cm³/mol. The number of hydrogen-bond donors (Lipinski definition) is 2. The molecule has 98 valence electrons. The fourth-order valence-electron chi connectivity index (χ4n) is 1.32. The number of amides is 1. The van der Waals surface area contributed by atoms with Gasteiger partial charge in [-0.2, -0.15) is 0 Å². The van der Waals surface area contributed by atoms with Crippen LogP contribution in [-0.4, -0.2) is 10.9 Å². The number of carbonyl (C=O) groups excluding carboxylic acids is 1. The van der Waals surface area contributed by atoms with Gasteiger partial charge in [0.1, 0.15) is 10.7 Å². The van der Waals surface area contributed by atoms with Crippen molar-refractivity contribution in [3.8, 4) is 0 Å². The number of pyridine rings is 1. The Morgan fingerprint density at radius 3 is 2.53 bits per heavy atom. The fourth-order valence-corrected chi connectivity index (χ4v) is 2.17. The van der Waals surface area contributed by atoms with Crippen molar-refractivity contribution < 1.29 is 13.6 Å². The number of aromatic nitrogens is 1. The molecule has 0 bridgehead atoms. The Bertz CT molecular complexity index is 649. The minimum absolute atomic E-state index is 0.0549. The molecular weight excluding hydrogens is 272 g/mol. The van der Waals surface area contributed by atoms with Gasteiger partial charge >= 0.3 is 0 Å². The van der Waals surface area contributed by atoms with Gasteiger partial charge < -0.3 is 11.5 Å². The number of rotatable bonds is 3. The van der Waals surface area contributed by atoms with E-state index in [1.165, 1.54) is 18.2 Å². The van der Waals surface area contributed by atoms with E-state index in [0.29, 0.717) is 15.6 Å². The SMILES string of the molecule is NC(=O)c1ccc(N)c(Sc2ccc(F)c(F)c2)n1. The Hall–Kier alpha value is -2.15. The molecule has 1 amide bonds. The van der Waals surface area contributed by atoms with Crippen LogP contribution in [0, 0.1) is 11.6 Å². The third-order valence-electron chi connectivity index (χ3n) is 2.25. The summed E-state index contributed by atoms with van der Waals surface area (Å²) >= 11 is 1.02. The molecule has 0 fully saturated rings. The molecule has 0 aliphatic heterocycles. The Morgan fingerprint density at radius 2 is 1.89 bits per heavy atom. The van der Waals surface area contributed by atoms with E-state index in [2.05, 4.69) is 4.98 Å². The minimum atomic E-state index is -0.963. The quantitative estimate of drug-likeness (QED) is 0.903. The highest BCUT2D eigenvalue weighted by molar-refractivity contribution is 7.99. The van der Waals surface area contributed by atoms with Crippen LogP contribution in [0.2, 0.25) is 0 Å². The van der Waals surface area contributed by atoms with Gasteiger partial charge in [-0.25, -0.2) is 13.8 Å². The zero-order valence-electron chi connectivity index (χ0n) is 9.56. The van der Waals surface area contributed by atoms with E-state index >= 15 is 0 Å². The van der Waals surface area contributed by atoms with Crippen LogP contribution in [0.5, 0.6) is 0 Å². The van der Waals surface area contributed by atoms with Gasteiger partial charge in [0, 0.05) is 4.90 Å². The summed E-state index contributed by atoms with van der Waals surface area (Å²) in [6.07, 6.45) is 0. The van der Waals surface area contributed by atoms with Crippen molar-refractivity contribution in [3.63, 3.8) is 0 Å². The van der Waals surface area contributed by atoms with E-state index < -0.39 is 17.5 Å². The third-order valence-corrected chi connectivity index (χ3v) is 3.26. The molecule has 2 rings (SSSR count). The zero-order valence-corrected chi connectivity index (χ0v) is 10.4. The third kappa shape index (κ3) is 3.00. The maximum atomic E-state index is 13.1. The maximum absolute atomic E-state index is 13.1. The summed E-state index contributed by atoms with van der Waals surface area (Å²) in [5, 5.41) is 0.308. The average Bonchev–Trinajstić information content (AvgIpc) is 2.36. The Labute approximate surface area is 111 Å². The summed E-state index contributed by atoms with van der Waals surface area (Å²) < 4.78 is 25.9. The number of hydrogen-bond acceptors (Lipinski definition) is 4. The van der Waals surface area contributed by atoms with Crippen molar-refractivity contribution >= 4 is 23.4 Å². The van der Waals surface area contributed by atoms with E-state index in [-0.39, 0.29) is 5.69 Å². The highest BCUT2D eigenvalue weighted by atomic mass is 32.2. The lowest BCUT2D eigenvalue weighted by Gasteiger charge is -2.06. The van der Waals surface area contributed by atoms with Crippen molar-refractivity contribution in [2.24, 2.45) is 5.73 Å². The van der Waals surface area contributed by atoms with Gasteiger partial charge in [0.05, 0.1) is 5.69 Å². The number of nitrogen functional groups attached to an aromatic ring is 1. The molecule has 0 aliphatic carbocycles. The van der Waals surface area contributed by atoms with E-state index in [1.54, 1.807) is 0 Å². The Kier molecular flexibility index (Phi) is 3.66. The molecule has 0 aliphatic rings. The van der Waals surface area contributed by atoms with Crippen LogP contribution in [-0.2, 0) is 0 Å². The number of carbonyl (C=O) groups is 1. The van der Waals surface area contributed by atoms with Crippen LogP contribution in [0.3, 0.4) is 0 Å². The topological polar surface area (TPSA) is 82.0 Å². The second-order valence-electron chi connectivity index (χ2n) is 3.63. The molecule has 0 unspecified atom stereocenters. The zero-order chi connectivity index (χ0) is 14.0. The molecule has 0 atom stereocenters. The molecule has 0 radical (unpaired) electrons. The molecule has 4 N–H and O–H groups in total. The monoisotopic (exact) mass is 281 g/mol. The lowest BCUT2D eigenvalue weighted by Crippen LogP contribution is -2.13. The molecule has 1 aromatic heterocycles. The van der Waals surface area contributed by atoms with Crippen molar-refractivity contribution in [1.82, 2.24) is 4.98 Å². The highest BCUT2D eigenvalue weighted by Crippen LogP contribution is 2.31. The van der Waals surface area contributed by atoms with Gasteiger partial charge in [-0.1, -0.05) is 11.8 Å². The summed E-state index contributed by atoms with van der Waals surface area (Å²) in [6, 6.07) is 6.30. The van der Waals surface area contributed by atoms with Gasteiger partial charge in [0.2, 0.25) is 0 Å². The lowest BCUT2D eigenvalue weighted by atomic mass is 10.3. The largest absolute Gasteiger partial charge is 0.397 e. The Morgan fingerprint density at radius 1 is 1.16 bits per heavy atom. The highest BCUT2D eigenvalue weighted by Gasteiger charge is 2.10. The molecule has 0 saturated heterocycles. The number of primary amides is 1. The van der Waals surface area contributed by atoms with E-state index in [0.717, 1.165) is 23.9 Å². The average molecular weight is 281 g/mol. The normalized spacial score (nSPS) is 10.4. The first-order valence-corrected chi connectivity index (χ1v) is 5.98. The smallest absolute Gasteiger partial charge is 0.267 e. The molecule has 4 nitrogen and oxygen atoms in total. The predicted octanol–water partition coefficient (Wildman–Crippen LogP) is 2.19. The van der Waals surface area contributed by atoms with Crippen molar-refractivity contribution in [2.45, 2.75) is 9.92 Å². The van der Waals surface area contributed by atoms with Gasteiger partial charge in [0.15, 0.2) is 11.6 Å². The summed E-state index contributed by atoms with van der Waals surface area (Å²) in [7, 11) is 0. The summed E-state index contributed by atoms with van der Waals surface area (Å²) in [5.41, 5.74) is 11.2. The van der Waals surface area contributed by atoms with E-state index in [1.807, 2.05) is 0 Å². The second-order valence-corrected chi connectivity index (χ2v) is 4.70. The molecule has 19 heavy (non-hydrogen) atoms. The molecule has 2 aromatic rings. The lowest BCUT2D eigenvalue weighted by molar-refractivity contribution is 0.0995. The first-order chi connectivity index (χ1) is 8.97. The van der Waals surface area contributed by atoms with Gasteiger partial charge in [-0.15, -0.1) is 0 Å². The first kappa shape index (κ1) is 13.3. The molecule has 7 heteroatoms. The van der Waals surface area contributed by atoms with Crippen LogP contribution in [0.15, 0.2) is 40.3 Å². The minimum Gasteiger partial charge on any atom is -0.397 e. The van der Waals surface area contributed by atoms with Crippen LogP contribution in [0.4, 0.5) is 14.5 Å². The maximum Gasteiger partial charge on any atom is 0.267 e. The first-order valence-electron chi connectivity index (χ1n) is 5.16. The molecule has 1 aromatic carbocycles. The molecule has 0 saturated carbocycles. The number of halogens is 2. The number of nitrogens with two attached hydrogens (primary N) is 2. The van der Waals surface area contributed by atoms with Crippen molar-refractivity contribution in [2.75, 3.05) is 5.73 Å². The number of benzene rings is 1. The Balaban J connectivity index is 2.34. The molecule has 1 heterocycles. The summed E-state index contributed by atoms with van der Waals surface area (Å²) in [6.45, 7) is 0. The van der Waals surface area contributed by atoms with Crippen molar-refractivity contribution in [1.29, 1.82) is 0 Å².